The van der Waals surface area contributed by atoms with Crippen LogP contribution in [0.1, 0.15) is 5.82 Å². The standard InChI is InChI=1S/C9H10ClN3OS2/c1-14-4-3-5-11-7(10)6-8(12-5)13-9(15-2)16-6/h3-4H2,1-2H3. The maximum Gasteiger partial charge on any atom is 0.176 e. The molecule has 0 atom stereocenters. The number of thioether (sulfide) groups is 1. The highest BCUT2D eigenvalue weighted by molar-refractivity contribution is 8.00. The van der Waals surface area contributed by atoms with E-state index in [4.69, 9.17) is 16.3 Å². The molecule has 0 aliphatic rings. The average Bonchev–Trinajstić information content (AvgIpc) is 2.70. The Morgan fingerprint density at radius 1 is 1.38 bits per heavy atom. The lowest BCUT2D eigenvalue weighted by Crippen LogP contribution is -2.01. The molecular formula is C9H10ClN3OS2. The fraction of sp³-hybridized carbons (Fsp3) is 0.444. The quantitative estimate of drug-likeness (QED) is 0.634. The lowest BCUT2D eigenvalue weighted by atomic mass is 10.4. The van der Waals surface area contributed by atoms with E-state index in [9.17, 15) is 0 Å². The van der Waals surface area contributed by atoms with Crippen molar-refractivity contribution in [2.75, 3.05) is 20.0 Å². The Labute approximate surface area is 106 Å². The third kappa shape index (κ3) is 2.45. The fourth-order valence-corrected chi connectivity index (χ4v) is 2.89. The van der Waals surface area contributed by atoms with E-state index in [1.807, 2.05) is 6.26 Å². The Kier molecular flexibility index (Phi) is 3.96. The first kappa shape index (κ1) is 12.0. The second-order valence-electron chi connectivity index (χ2n) is 3.01. The Bertz CT molecular complexity index is 503. The van der Waals surface area contributed by atoms with Crippen LogP contribution >= 0.6 is 34.7 Å². The zero-order chi connectivity index (χ0) is 11.5. The number of rotatable bonds is 4. The molecule has 0 aromatic carbocycles. The highest BCUT2D eigenvalue weighted by Gasteiger charge is 2.11. The summed E-state index contributed by atoms with van der Waals surface area (Å²) in [5.41, 5.74) is 0.681. The van der Waals surface area contributed by atoms with E-state index in [-0.39, 0.29) is 0 Å². The molecule has 86 valence electrons. The molecule has 0 spiro atoms. The summed E-state index contributed by atoms with van der Waals surface area (Å²) in [6, 6.07) is 0. The van der Waals surface area contributed by atoms with Crippen LogP contribution in [0.4, 0.5) is 0 Å². The van der Waals surface area contributed by atoms with Crippen LogP contribution in [0.2, 0.25) is 5.15 Å². The van der Waals surface area contributed by atoms with Gasteiger partial charge >= 0.3 is 0 Å². The highest BCUT2D eigenvalue weighted by Crippen LogP contribution is 2.31. The van der Waals surface area contributed by atoms with Crippen molar-refractivity contribution in [3.8, 4) is 0 Å². The molecule has 0 N–H and O–H groups in total. The van der Waals surface area contributed by atoms with Gasteiger partial charge in [-0.05, 0) is 6.26 Å². The molecule has 0 saturated carbocycles. The Hall–Kier alpha value is -0.430. The van der Waals surface area contributed by atoms with E-state index in [1.54, 1.807) is 18.9 Å². The summed E-state index contributed by atoms with van der Waals surface area (Å²) in [4.78, 5) is 12.9. The molecule has 0 aliphatic heterocycles. The number of hydrogen-bond acceptors (Lipinski definition) is 6. The summed E-state index contributed by atoms with van der Waals surface area (Å²) < 4.78 is 6.79. The first-order valence-corrected chi connectivity index (χ1v) is 7.02. The largest absolute Gasteiger partial charge is 0.384 e. The summed E-state index contributed by atoms with van der Waals surface area (Å²) in [6.45, 7) is 0.585. The normalized spacial score (nSPS) is 11.2. The number of methoxy groups -OCH3 is 1. The number of aromatic nitrogens is 3. The first-order valence-electron chi connectivity index (χ1n) is 4.60. The van der Waals surface area contributed by atoms with Gasteiger partial charge in [-0.25, -0.2) is 15.0 Å². The van der Waals surface area contributed by atoms with E-state index in [0.717, 1.165) is 9.04 Å². The van der Waals surface area contributed by atoms with E-state index in [1.165, 1.54) is 11.3 Å². The van der Waals surface area contributed by atoms with Gasteiger partial charge in [-0.3, -0.25) is 0 Å². The van der Waals surface area contributed by atoms with Crippen molar-refractivity contribution >= 4 is 45.0 Å². The molecule has 16 heavy (non-hydrogen) atoms. The van der Waals surface area contributed by atoms with Crippen molar-refractivity contribution in [1.82, 2.24) is 15.0 Å². The molecule has 2 rings (SSSR count). The van der Waals surface area contributed by atoms with E-state index < -0.39 is 0 Å². The molecule has 0 saturated heterocycles. The Balaban J connectivity index is 2.40. The van der Waals surface area contributed by atoms with Gasteiger partial charge in [0, 0.05) is 13.5 Å². The lowest BCUT2D eigenvalue weighted by Gasteiger charge is -1.99. The van der Waals surface area contributed by atoms with Crippen molar-refractivity contribution in [2.24, 2.45) is 0 Å². The number of hydrogen-bond donors (Lipinski definition) is 0. The minimum atomic E-state index is 0.480. The molecule has 2 aromatic rings. The lowest BCUT2D eigenvalue weighted by molar-refractivity contribution is 0.200. The van der Waals surface area contributed by atoms with Crippen molar-refractivity contribution < 1.29 is 4.74 Å². The molecule has 0 aliphatic carbocycles. The molecule has 0 bridgehead atoms. The van der Waals surface area contributed by atoms with E-state index >= 15 is 0 Å². The molecule has 2 aromatic heterocycles. The van der Waals surface area contributed by atoms with Crippen LogP contribution in [0.5, 0.6) is 0 Å². The molecule has 4 nitrogen and oxygen atoms in total. The summed E-state index contributed by atoms with van der Waals surface area (Å²) in [5, 5.41) is 0.480. The zero-order valence-corrected chi connectivity index (χ0v) is 11.2. The summed E-state index contributed by atoms with van der Waals surface area (Å²) in [6.07, 6.45) is 2.63. The van der Waals surface area contributed by atoms with Crippen LogP contribution in [0.15, 0.2) is 4.34 Å². The van der Waals surface area contributed by atoms with Crippen molar-refractivity contribution in [1.29, 1.82) is 0 Å². The number of thiazole rings is 1. The van der Waals surface area contributed by atoms with Crippen LogP contribution in [-0.2, 0) is 11.2 Å². The van der Waals surface area contributed by atoms with Gasteiger partial charge in [0.1, 0.15) is 10.5 Å². The van der Waals surface area contributed by atoms with Gasteiger partial charge in [0.05, 0.1) is 6.61 Å². The third-order valence-electron chi connectivity index (χ3n) is 1.94. The van der Waals surface area contributed by atoms with Crippen LogP contribution in [-0.4, -0.2) is 34.9 Å². The highest BCUT2D eigenvalue weighted by atomic mass is 35.5. The SMILES string of the molecule is COCCc1nc(Cl)c2sc(SC)nc2n1. The van der Waals surface area contributed by atoms with Gasteiger partial charge in [-0.15, -0.1) is 11.3 Å². The number of ether oxygens (including phenoxy) is 1. The van der Waals surface area contributed by atoms with Crippen LogP contribution in [0.3, 0.4) is 0 Å². The van der Waals surface area contributed by atoms with Gasteiger partial charge in [-0.2, -0.15) is 0 Å². The Morgan fingerprint density at radius 3 is 2.88 bits per heavy atom. The Morgan fingerprint density at radius 2 is 2.19 bits per heavy atom. The average molecular weight is 276 g/mol. The zero-order valence-electron chi connectivity index (χ0n) is 8.86. The predicted molar refractivity (Wildman–Crippen MR) is 67.6 cm³/mol. The number of fused-ring (bicyclic) bond motifs is 1. The summed E-state index contributed by atoms with van der Waals surface area (Å²) in [5.74, 6) is 0.678. The van der Waals surface area contributed by atoms with E-state index in [0.29, 0.717) is 29.7 Å². The molecule has 0 unspecified atom stereocenters. The topological polar surface area (TPSA) is 47.9 Å². The molecule has 7 heteroatoms. The first-order chi connectivity index (χ1) is 7.74. The fourth-order valence-electron chi connectivity index (χ4n) is 1.21. The molecule has 2 heterocycles. The van der Waals surface area contributed by atoms with Gasteiger partial charge in [0.25, 0.3) is 0 Å². The van der Waals surface area contributed by atoms with Crippen molar-refractivity contribution in [3.63, 3.8) is 0 Å². The third-order valence-corrected chi connectivity index (χ3v) is 4.37. The smallest absolute Gasteiger partial charge is 0.176 e. The maximum absolute atomic E-state index is 6.08. The predicted octanol–water partition coefficient (Wildman–Crippen LogP) is 2.65. The monoisotopic (exact) mass is 275 g/mol. The second-order valence-corrected chi connectivity index (χ2v) is 5.42. The van der Waals surface area contributed by atoms with Crippen molar-refractivity contribution in [3.05, 3.63) is 11.0 Å². The summed E-state index contributed by atoms with van der Waals surface area (Å²) in [7, 11) is 1.65. The van der Waals surface area contributed by atoms with E-state index in [2.05, 4.69) is 15.0 Å². The van der Waals surface area contributed by atoms with Gasteiger partial charge in [0.15, 0.2) is 15.1 Å². The summed E-state index contributed by atoms with van der Waals surface area (Å²) >= 11 is 9.18. The van der Waals surface area contributed by atoms with Crippen molar-refractivity contribution in [2.45, 2.75) is 10.8 Å². The second kappa shape index (κ2) is 5.27. The van der Waals surface area contributed by atoms with Gasteiger partial charge < -0.3 is 4.74 Å². The number of nitrogens with zero attached hydrogens (tertiary/aromatic N) is 3. The minimum absolute atomic E-state index is 0.480. The molecular weight excluding hydrogens is 266 g/mol. The molecule has 0 amide bonds. The maximum atomic E-state index is 6.08. The van der Waals surface area contributed by atoms with Crippen LogP contribution in [0, 0.1) is 0 Å². The van der Waals surface area contributed by atoms with Gasteiger partial charge in [-0.1, -0.05) is 23.4 Å². The van der Waals surface area contributed by atoms with Crippen LogP contribution in [0.25, 0.3) is 10.3 Å². The minimum Gasteiger partial charge on any atom is -0.384 e. The number of halogens is 1. The molecule has 0 fully saturated rings. The van der Waals surface area contributed by atoms with Crippen LogP contribution < -0.4 is 0 Å². The molecule has 0 radical (unpaired) electrons. The van der Waals surface area contributed by atoms with Gasteiger partial charge in [0.2, 0.25) is 0 Å².